The SMILES string of the molecule is C=CC(=O)Nc1ccc(CC(=O)NCC(c2ccnn2C)C(C)C)cc1. The second kappa shape index (κ2) is 8.99. The van der Waals surface area contributed by atoms with Gasteiger partial charge in [-0.25, -0.2) is 0 Å². The smallest absolute Gasteiger partial charge is 0.247 e. The van der Waals surface area contributed by atoms with Gasteiger partial charge in [-0.05, 0) is 35.8 Å². The molecule has 138 valence electrons. The van der Waals surface area contributed by atoms with Gasteiger partial charge in [0.1, 0.15) is 0 Å². The number of nitrogens with one attached hydrogen (secondary N) is 2. The van der Waals surface area contributed by atoms with Gasteiger partial charge in [0.2, 0.25) is 11.8 Å². The van der Waals surface area contributed by atoms with Gasteiger partial charge in [-0.15, -0.1) is 0 Å². The van der Waals surface area contributed by atoms with E-state index in [9.17, 15) is 9.59 Å². The Hall–Kier alpha value is -2.89. The van der Waals surface area contributed by atoms with E-state index in [2.05, 4.69) is 36.2 Å². The minimum atomic E-state index is -0.259. The summed E-state index contributed by atoms with van der Waals surface area (Å²) in [4.78, 5) is 23.6. The molecule has 1 heterocycles. The molecule has 2 aromatic rings. The average Bonchev–Trinajstić information content (AvgIpc) is 3.02. The fraction of sp³-hybridized carbons (Fsp3) is 0.350. The van der Waals surface area contributed by atoms with Crippen LogP contribution in [0.25, 0.3) is 0 Å². The molecule has 0 spiro atoms. The number of aryl methyl sites for hydroxylation is 1. The van der Waals surface area contributed by atoms with E-state index in [0.29, 0.717) is 24.6 Å². The number of aromatic nitrogens is 2. The molecule has 6 heteroatoms. The molecular formula is C20H26N4O2. The lowest BCUT2D eigenvalue weighted by molar-refractivity contribution is -0.120. The van der Waals surface area contributed by atoms with Crippen LogP contribution in [0.2, 0.25) is 0 Å². The zero-order valence-corrected chi connectivity index (χ0v) is 15.5. The summed E-state index contributed by atoms with van der Waals surface area (Å²) in [7, 11) is 1.92. The van der Waals surface area contributed by atoms with Crippen molar-refractivity contribution in [1.82, 2.24) is 15.1 Å². The Morgan fingerprint density at radius 1 is 1.23 bits per heavy atom. The third kappa shape index (κ3) is 5.31. The molecular weight excluding hydrogens is 328 g/mol. The van der Waals surface area contributed by atoms with Crippen LogP contribution in [0.5, 0.6) is 0 Å². The standard InChI is InChI=1S/C20H26N4O2/c1-5-19(25)23-16-8-6-15(7-9-16)12-20(26)21-13-17(14(2)3)18-10-11-22-24(18)4/h5-11,14,17H,1,12-13H2,2-4H3,(H,21,26)(H,23,25). The van der Waals surface area contributed by atoms with E-state index in [-0.39, 0.29) is 17.7 Å². The highest BCUT2D eigenvalue weighted by atomic mass is 16.2. The quantitative estimate of drug-likeness (QED) is 0.716. The van der Waals surface area contributed by atoms with Crippen LogP contribution in [0.15, 0.2) is 49.2 Å². The topological polar surface area (TPSA) is 76.0 Å². The lowest BCUT2D eigenvalue weighted by atomic mass is 9.92. The maximum Gasteiger partial charge on any atom is 0.247 e. The summed E-state index contributed by atoms with van der Waals surface area (Å²) in [5.74, 6) is 0.312. The normalized spacial score (nSPS) is 11.8. The molecule has 1 atom stereocenters. The molecule has 0 aliphatic carbocycles. The molecule has 0 bridgehead atoms. The maximum absolute atomic E-state index is 12.3. The molecule has 0 aliphatic heterocycles. The summed E-state index contributed by atoms with van der Waals surface area (Å²) < 4.78 is 1.85. The van der Waals surface area contributed by atoms with E-state index < -0.39 is 0 Å². The monoisotopic (exact) mass is 354 g/mol. The van der Waals surface area contributed by atoms with E-state index in [0.717, 1.165) is 11.3 Å². The zero-order valence-electron chi connectivity index (χ0n) is 15.5. The summed E-state index contributed by atoms with van der Waals surface area (Å²) in [5, 5.41) is 9.92. The van der Waals surface area contributed by atoms with Crippen LogP contribution < -0.4 is 10.6 Å². The molecule has 0 radical (unpaired) electrons. The van der Waals surface area contributed by atoms with Crippen molar-refractivity contribution in [2.24, 2.45) is 13.0 Å². The molecule has 2 amide bonds. The first-order chi connectivity index (χ1) is 12.4. The third-order valence-electron chi connectivity index (χ3n) is 4.33. The first kappa shape index (κ1) is 19.4. The Morgan fingerprint density at radius 3 is 2.46 bits per heavy atom. The first-order valence-corrected chi connectivity index (χ1v) is 8.67. The van der Waals surface area contributed by atoms with Gasteiger partial charge in [-0.1, -0.05) is 32.6 Å². The van der Waals surface area contributed by atoms with Crippen molar-refractivity contribution >= 4 is 17.5 Å². The van der Waals surface area contributed by atoms with Crippen molar-refractivity contribution < 1.29 is 9.59 Å². The van der Waals surface area contributed by atoms with E-state index in [4.69, 9.17) is 0 Å². The fourth-order valence-electron chi connectivity index (χ4n) is 2.80. The van der Waals surface area contributed by atoms with Gasteiger partial charge < -0.3 is 10.6 Å². The number of carbonyl (C=O) groups is 2. The molecule has 6 nitrogen and oxygen atoms in total. The van der Waals surface area contributed by atoms with E-state index in [1.54, 1.807) is 18.3 Å². The second-order valence-electron chi connectivity index (χ2n) is 6.60. The number of benzene rings is 1. The largest absolute Gasteiger partial charge is 0.355 e. The molecule has 26 heavy (non-hydrogen) atoms. The molecule has 1 unspecified atom stereocenters. The van der Waals surface area contributed by atoms with Gasteiger partial charge in [0.15, 0.2) is 0 Å². The molecule has 0 saturated carbocycles. The van der Waals surface area contributed by atoms with Crippen molar-refractivity contribution in [1.29, 1.82) is 0 Å². The average molecular weight is 354 g/mol. The van der Waals surface area contributed by atoms with E-state index in [1.807, 2.05) is 29.9 Å². The third-order valence-corrected chi connectivity index (χ3v) is 4.33. The van der Waals surface area contributed by atoms with Gasteiger partial charge in [-0.3, -0.25) is 14.3 Å². The summed E-state index contributed by atoms with van der Waals surface area (Å²) in [6.45, 7) is 8.26. The van der Waals surface area contributed by atoms with Gasteiger partial charge in [0.05, 0.1) is 6.42 Å². The number of hydrogen-bond acceptors (Lipinski definition) is 3. The lowest BCUT2D eigenvalue weighted by Crippen LogP contribution is -2.32. The Morgan fingerprint density at radius 2 is 1.92 bits per heavy atom. The number of amides is 2. The predicted molar refractivity (Wildman–Crippen MR) is 103 cm³/mol. The first-order valence-electron chi connectivity index (χ1n) is 8.67. The van der Waals surface area contributed by atoms with Crippen molar-refractivity contribution in [3.8, 4) is 0 Å². The van der Waals surface area contributed by atoms with E-state index in [1.165, 1.54) is 6.08 Å². The number of hydrogen-bond donors (Lipinski definition) is 2. The highest BCUT2D eigenvalue weighted by Gasteiger charge is 2.19. The number of anilines is 1. The van der Waals surface area contributed by atoms with Gasteiger partial charge >= 0.3 is 0 Å². The van der Waals surface area contributed by atoms with Crippen LogP contribution in [0.3, 0.4) is 0 Å². The van der Waals surface area contributed by atoms with Crippen molar-refractivity contribution in [3.63, 3.8) is 0 Å². The fourth-order valence-corrected chi connectivity index (χ4v) is 2.80. The molecule has 1 aromatic heterocycles. The van der Waals surface area contributed by atoms with Crippen LogP contribution in [0.4, 0.5) is 5.69 Å². The van der Waals surface area contributed by atoms with Crippen molar-refractivity contribution in [3.05, 3.63) is 60.4 Å². The van der Waals surface area contributed by atoms with Crippen LogP contribution in [-0.2, 0) is 23.1 Å². The van der Waals surface area contributed by atoms with Crippen LogP contribution in [0.1, 0.15) is 31.0 Å². The molecule has 0 fully saturated rings. The summed E-state index contributed by atoms with van der Waals surface area (Å²) in [6.07, 6.45) is 3.29. The minimum Gasteiger partial charge on any atom is -0.355 e. The Kier molecular flexibility index (Phi) is 6.72. The number of nitrogens with zero attached hydrogens (tertiary/aromatic N) is 2. The van der Waals surface area contributed by atoms with Crippen LogP contribution in [0, 0.1) is 5.92 Å². The number of rotatable bonds is 8. The Balaban J connectivity index is 1.90. The Bertz CT molecular complexity index is 762. The summed E-state index contributed by atoms with van der Waals surface area (Å²) in [5.41, 5.74) is 2.68. The van der Waals surface area contributed by atoms with E-state index >= 15 is 0 Å². The Labute approximate surface area is 154 Å². The maximum atomic E-state index is 12.3. The van der Waals surface area contributed by atoms with Crippen LogP contribution in [-0.4, -0.2) is 28.1 Å². The van der Waals surface area contributed by atoms with Gasteiger partial charge in [0.25, 0.3) is 0 Å². The second-order valence-corrected chi connectivity index (χ2v) is 6.60. The molecule has 2 N–H and O–H groups in total. The molecule has 0 aliphatic rings. The zero-order chi connectivity index (χ0) is 19.1. The molecule has 2 rings (SSSR count). The lowest BCUT2D eigenvalue weighted by Gasteiger charge is -2.21. The number of carbonyl (C=O) groups excluding carboxylic acids is 2. The van der Waals surface area contributed by atoms with Crippen molar-refractivity contribution in [2.75, 3.05) is 11.9 Å². The highest BCUT2D eigenvalue weighted by Crippen LogP contribution is 2.22. The highest BCUT2D eigenvalue weighted by molar-refractivity contribution is 5.98. The summed E-state index contributed by atoms with van der Waals surface area (Å²) in [6, 6.07) is 9.21. The van der Waals surface area contributed by atoms with Gasteiger partial charge in [-0.2, -0.15) is 5.10 Å². The predicted octanol–water partition coefficient (Wildman–Crippen LogP) is 2.64. The van der Waals surface area contributed by atoms with Crippen LogP contribution >= 0.6 is 0 Å². The minimum absolute atomic E-state index is 0.0271. The van der Waals surface area contributed by atoms with Crippen molar-refractivity contribution in [2.45, 2.75) is 26.2 Å². The van der Waals surface area contributed by atoms with Gasteiger partial charge in [0, 0.05) is 37.1 Å². The summed E-state index contributed by atoms with van der Waals surface area (Å²) >= 11 is 0. The molecule has 1 aromatic carbocycles. The molecule has 0 saturated heterocycles.